The predicted molar refractivity (Wildman–Crippen MR) is 166 cm³/mol. The van der Waals surface area contributed by atoms with Gasteiger partial charge in [0.05, 0.1) is 19.9 Å². The Bertz CT molecular complexity index is 1810. The number of ether oxygens (including phenoxy) is 3. The first kappa shape index (κ1) is 30.3. The second-order valence-corrected chi connectivity index (χ2v) is 10.9. The maximum absolute atomic E-state index is 14.7. The Balaban J connectivity index is 1.34. The van der Waals surface area contributed by atoms with Crippen molar-refractivity contribution in [3.05, 3.63) is 89.9 Å². The summed E-state index contributed by atoms with van der Waals surface area (Å²) in [6, 6.07) is 18.1. The minimum Gasteiger partial charge on any atom is -0.493 e. The monoisotopic (exact) mass is 626 g/mol. The van der Waals surface area contributed by atoms with Gasteiger partial charge in [0.1, 0.15) is 18.4 Å². The maximum Gasteiger partial charge on any atom is 0.272 e. The van der Waals surface area contributed by atoms with Gasteiger partial charge in [-0.25, -0.2) is 9.37 Å². The second-order valence-electron chi connectivity index (χ2n) is 10.9. The highest BCUT2D eigenvalue weighted by molar-refractivity contribution is 6.12. The van der Waals surface area contributed by atoms with Crippen LogP contribution < -0.4 is 35.5 Å². The summed E-state index contributed by atoms with van der Waals surface area (Å²) in [5.41, 5.74) is 0.413. The molecular formula is C33H31FN6O6. The van der Waals surface area contributed by atoms with Gasteiger partial charge in [-0.1, -0.05) is 30.3 Å². The van der Waals surface area contributed by atoms with Crippen LogP contribution in [0.1, 0.15) is 18.1 Å². The van der Waals surface area contributed by atoms with Crippen LogP contribution in [-0.4, -0.2) is 59.5 Å². The molecule has 2 atom stereocenters. The molecule has 13 heteroatoms. The van der Waals surface area contributed by atoms with Gasteiger partial charge < -0.3 is 35.5 Å². The van der Waals surface area contributed by atoms with Crippen LogP contribution in [0.4, 0.5) is 27.5 Å². The lowest BCUT2D eigenvalue weighted by Crippen LogP contribution is -2.61. The molecule has 3 aromatic carbocycles. The second kappa shape index (κ2) is 12.7. The number of hydrogen-bond acceptors (Lipinski definition) is 10. The van der Waals surface area contributed by atoms with E-state index in [0.29, 0.717) is 34.2 Å². The van der Waals surface area contributed by atoms with Crippen LogP contribution in [0.25, 0.3) is 0 Å². The summed E-state index contributed by atoms with van der Waals surface area (Å²) < 4.78 is 32.1. The SMILES string of the molecule is COc1cc2ccc1OCCNC(=O)[C@H](Cc1ccccc1)NC(=O)[C@@]1(C)Oc3ccc(cc3CC1=O)Nc1nc(ncc1F)N2. The van der Waals surface area contributed by atoms with Gasteiger partial charge in [-0.2, -0.15) is 4.98 Å². The van der Waals surface area contributed by atoms with E-state index >= 15 is 0 Å². The summed E-state index contributed by atoms with van der Waals surface area (Å²) in [6.07, 6.45) is 1.08. The van der Waals surface area contributed by atoms with E-state index in [9.17, 15) is 18.8 Å². The third kappa shape index (κ3) is 6.39. The summed E-state index contributed by atoms with van der Waals surface area (Å²) in [5.74, 6) is -1.25. The number of aromatic nitrogens is 2. The lowest BCUT2D eigenvalue weighted by molar-refractivity contribution is -0.150. The first-order chi connectivity index (χ1) is 22.2. The number of ketones is 1. The van der Waals surface area contributed by atoms with Crippen molar-refractivity contribution in [2.45, 2.75) is 31.4 Å². The standard InChI is InChI=1S/C33H31FN6O6/c1-33-28(41)16-20-15-21(8-10-25(20)46-33)37-29-23(34)18-36-32(40-29)38-22-9-11-26(27(17-22)44-2)45-13-12-35-30(42)24(39-31(33)43)14-19-6-4-3-5-7-19/h3-11,15,17-18,24H,12-14,16H2,1-2H3,(H,35,42)(H,39,43)(H2,36,37,38,40)/t24-,33-/m0/s1. The molecule has 0 fully saturated rings. The highest BCUT2D eigenvalue weighted by atomic mass is 19.1. The van der Waals surface area contributed by atoms with Crippen LogP contribution in [0.3, 0.4) is 0 Å². The molecule has 236 valence electrons. The molecule has 0 aliphatic carbocycles. The first-order valence-electron chi connectivity index (χ1n) is 14.6. The number of rotatable bonds is 3. The van der Waals surface area contributed by atoms with E-state index in [4.69, 9.17) is 14.2 Å². The van der Waals surface area contributed by atoms with Crippen molar-refractivity contribution in [2.24, 2.45) is 0 Å². The van der Waals surface area contributed by atoms with Crippen molar-refractivity contribution in [1.82, 2.24) is 20.6 Å². The fraction of sp³-hybridized carbons (Fsp3) is 0.242. The molecule has 4 aromatic rings. The fourth-order valence-electron chi connectivity index (χ4n) is 5.15. The van der Waals surface area contributed by atoms with Gasteiger partial charge in [-0.15, -0.1) is 0 Å². The largest absolute Gasteiger partial charge is 0.493 e. The van der Waals surface area contributed by atoms with Crippen molar-refractivity contribution in [3.8, 4) is 17.2 Å². The topological polar surface area (TPSA) is 153 Å². The molecule has 0 saturated heterocycles. The van der Waals surface area contributed by atoms with Crippen LogP contribution in [0.15, 0.2) is 72.9 Å². The molecule has 0 saturated carbocycles. The molecule has 6 aliphatic heterocycles. The van der Waals surface area contributed by atoms with Gasteiger partial charge in [0.25, 0.3) is 5.91 Å². The van der Waals surface area contributed by atoms with Gasteiger partial charge >= 0.3 is 0 Å². The number of halogens is 1. The van der Waals surface area contributed by atoms with Gasteiger partial charge in [0, 0.05) is 35.8 Å². The Hall–Kier alpha value is -5.72. The average Bonchev–Trinajstić information content (AvgIpc) is 3.05. The number of carbonyl (C=O) groups is 3. The molecule has 0 radical (unpaired) electrons. The number of nitrogens with one attached hydrogen (secondary N) is 4. The Morgan fingerprint density at radius 1 is 1.00 bits per heavy atom. The number of amides is 2. The molecular weight excluding hydrogens is 595 g/mol. The van der Waals surface area contributed by atoms with Gasteiger partial charge in [-0.3, -0.25) is 14.4 Å². The summed E-state index contributed by atoms with van der Waals surface area (Å²) in [5, 5.41) is 11.5. The lowest BCUT2D eigenvalue weighted by Gasteiger charge is -2.34. The molecule has 4 N–H and O–H groups in total. The Morgan fingerprint density at radius 2 is 1.76 bits per heavy atom. The van der Waals surface area contributed by atoms with Crippen molar-refractivity contribution >= 4 is 40.7 Å². The molecule has 2 amide bonds. The number of methoxy groups -OCH3 is 1. The van der Waals surface area contributed by atoms with E-state index < -0.39 is 35.1 Å². The van der Waals surface area contributed by atoms with Crippen molar-refractivity contribution in [1.29, 1.82) is 0 Å². The quantitative estimate of drug-likeness (QED) is 0.248. The summed E-state index contributed by atoms with van der Waals surface area (Å²) >= 11 is 0. The Morgan fingerprint density at radius 3 is 2.54 bits per heavy atom. The van der Waals surface area contributed by atoms with Gasteiger partial charge in [-0.05, 0) is 42.8 Å². The van der Waals surface area contributed by atoms with Crippen LogP contribution in [0.5, 0.6) is 17.2 Å². The van der Waals surface area contributed by atoms with E-state index in [2.05, 4.69) is 31.2 Å². The zero-order chi connectivity index (χ0) is 32.3. The van der Waals surface area contributed by atoms with Crippen LogP contribution in [0.2, 0.25) is 0 Å². The predicted octanol–water partition coefficient (Wildman–Crippen LogP) is 3.61. The van der Waals surface area contributed by atoms with E-state index in [-0.39, 0.29) is 37.8 Å². The number of anilines is 4. The number of Topliss-reactive ketones (excluding diaryl/α,β-unsaturated/α-hetero) is 1. The normalized spacial score (nSPS) is 19.6. The smallest absolute Gasteiger partial charge is 0.272 e. The summed E-state index contributed by atoms with van der Waals surface area (Å²) in [4.78, 5) is 48.8. The number of benzene rings is 3. The van der Waals surface area contributed by atoms with Crippen molar-refractivity contribution < 1.29 is 33.0 Å². The molecule has 10 rings (SSSR count). The number of hydrogen-bond donors (Lipinski definition) is 4. The average molecular weight is 627 g/mol. The van der Waals surface area contributed by atoms with E-state index in [0.717, 1.165) is 11.8 Å². The molecule has 8 bridgehead atoms. The van der Waals surface area contributed by atoms with Crippen LogP contribution in [-0.2, 0) is 27.2 Å². The summed E-state index contributed by atoms with van der Waals surface area (Å²) in [6.45, 7) is 1.59. The highest BCUT2D eigenvalue weighted by Gasteiger charge is 2.47. The molecule has 1 aromatic heterocycles. The molecule has 0 unspecified atom stereocenters. The molecule has 46 heavy (non-hydrogen) atoms. The summed E-state index contributed by atoms with van der Waals surface area (Å²) in [7, 11) is 1.49. The minimum absolute atomic E-state index is 0.0922. The van der Waals surface area contributed by atoms with Crippen LogP contribution in [0, 0.1) is 5.82 Å². The van der Waals surface area contributed by atoms with E-state index in [1.807, 2.05) is 30.3 Å². The number of carbonyl (C=O) groups excluding carboxylic acids is 3. The Labute approximate surface area is 263 Å². The molecule has 7 heterocycles. The first-order valence-corrected chi connectivity index (χ1v) is 14.6. The highest BCUT2D eigenvalue weighted by Crippen LogP contribution is 2.35. The minimum atomic E-state index is -1.89. The zero-order valence-electron chi connectivity index (χ0n) is 25.1. The fourth-order valence-corrected chi connectivity index (χ4v) is 5.15. The maximum atomic E-state index is 14.7. The number of nitrogens with zero attached hydrogens (tertiary/aromatic N) is 2. The van der Waals surface area contributed by atoms with Crippen molar-refractivity contribution in [3.63, 3.8) is 0 Å². The van der Waals surface area contributed by atoms with Gasteiger partial charge in [0.2, 0.25) is 17.5 Å². The third-order valence-corrected chi connectivity index (χ3v) is 7.68. The van der Waals surface area contributed by atoms with Gasteiger partial charge in [0.15, 0.2) is 28.9 Å². The molecule has 0 spiro atoms. The molecule has 12 nitrogen and oxygen atoms in total. The lowest BCUT2D eigenvalue weighted by atomic mass is 9.89. The van der Waals surface area contributed by atoms with Crippen LogP contribution >= 0.6 is 0 Å². The third-order valence-electron chi connectivity index (χ3n) is 7.68. The molecule has 6 aliphatic rings. The Kier molecular flexibility index (Phi) is 8.38. The zero-order valence-corrected chi connectivity index (χ0v) is 25.1. The van der Waals surface area contributed by atoms with E-state index in [1.165, 1.54) is 14.0 Å². The van der Waals surface area contributed by atoms with Crippen molar-refractivity contribution in [2.75, 3.05) is 30.9 Å². The van der Waals surface area contributed by atoms with E-state index in [1.54, 1.807) is 36.4 Å².